The molecular weight excluding hydrogens is 399 g/mol. The SMILES string of the molecule is CC(O)C(O)C(O)C(C=NNC(N)=S)=NNC(N)=S.[Pd]. The molecule has 0 rings (SSSR count). The Balaban J connectivity index is 0. The summed E-state index contributed by atoms with van der Waals surface area (Å²) in [7, 11) is 0. The molecule has 20 heavy (non-hydrogen) atoms. The van der Waals surface area contributed by atoms with E-state index in [1.807, 2.05) is 0 Å². The minimum atomic E-state index is -1.52. The van der Waals surface area contributed by atoms with E-state index in [4.69, 9.17) is 11.5 Å². The normalized spacial score (nSPS) is 15.9. The summed E-state index contributed by atoms with van der Waals surface area (Å²) in [6.45, 7) is 1.30. The standard InChI is InChI=1S/C8H16N6O3S2.Pd/c1-3(15)5(16)6(17)4(12-14-8(10)19)2-11-13-7(9)18;/h2-3,5-6,15-17H,1H3,(H3,9,13,18)(H3,10,14,19);. The fourth-order valence-electron chi connectivity index (χ4n) is 0.892. The van der Waals surface area contributed by atoms with E-state index in [2.05, 4.69) is 45.5 Å². The van der Waals surface area contributed by atoms with Crippen molar-refractivity contribution in [3.8, 4) is 0 Å². The zero-order valence-electron chi connectivity index (χ0n) is 10.3. The van der Waals surface area contributed by atoms with E-state index in [1.54, 1.807) is 0 Å². The summed E-state index contributed by atoms with van der Waals surface area (Å²) >= 11 is 9.05. The first-order chi connectivity index (χ1) is 8.75. The molecule has 0 aliphatic rings. The van der Waals surface area contributed by atoms with E-state index in [0.29, 0.717) is 0 Å². The Labute approximate surface area is 140 Å². The number of nitrogens with one attached hydrogen (secondary N) is 2. The van der Waals surface area contributed by atoms with Gasteiger partial charge in [0.1, 0.15) is 17.9 Å². The van der Waals surface area contributed by atoms with E-state index in [9.17, 15) is 15.3 Å². The van der Waals surface area contributed by atoms with Gasteiger partial charge in [0.15, 0.2) is 10.2 Å². The van der Waals surface area contributed by atoms with Crippen LogP contribution in [0, 0.1) is 0 Å². The smallest absolute Gasteiger partial charge is 0.184 e. The monoisotopic (exact) mass is 414 g/mol. The molecule has 0 aromatic rings. The molecule has 0 aliphatic heterocycles. The molecule has 9 nitrogen and oxygen atoms in total. The zero-order valence-corrected chi connectivity index (χ0v) is 13.5. The van der Waals surface area contributed by atoms with E-state index >= 15 is 0 Å². The first-order valence-corrected chi connectivity index (χ1v) is 5.83. The molecule has 0 aliphatic carbocycles. The van der Waals surface area contributed by atoms with Gasteiger partial charge in [-0.15, -0.1) is 0 Å². The summed E-state index contributed by atoms with van der Waals surface area (Å²) in [6, 6.07) is 0. The van der Waals surface area contributed by atoms with Crippen LogP contribution in [0.1, 0.15) is 6.92 Å². The molecule has 0 radical (unpaired) electrons. The van der Waals surface area contributed by atoms with Crippen LogP contribution in [0.3, 0.4) is 0 Å². The number of hydrazone groups is 2. The fraction of sp³-hybridized carbons (Fsp3) is 0.500. The molecule has 0 saturated heterocycles. The largest absolute Gasteiger partial charge is 0.391 e. The second kappa shape index (κ2) is 11.0. The van der Waals surface area contributed by atoms with Gasteiger partial charge in [-0.25, -0.2) is 0 Å². The van der Waals surface area contributed by atoms with E-state index < -0.39 is 18.3 Å². The van der Waals surface area contributed by atoms with Crippen LogP contribution in [0.5, 0.6) is 0 Å². The van der Waals surface area contributed by atoms with Crippen molar-refractivity contribution in [2.24, 2.45) is 21.7 Å². The molecule has 3 unspecified atom stereocenters. The number of rotatable bonds is 6. The van der Waals surface area contributed by atoms with Crippen molar-refractivity contribution >= 4 is 46.6 Å². The van der Waals surface area contributed by atoms with E-state index in [-0.39, 0.29) is 36.4 Å². The van der Waals surface area contributed by atoms with Crippen molar-refractivity contribution in [1.29, 1.82) is 0 Å². The predicted octanol–water partition coefficient (Wildman–Crippen LogP) is -2.91. The van der Waals surface area contributed by atoms with Crippen molar-refractivity contribution < 1.29 is 35.7 Å². The summed E-state index contributed by atoms with van der Waals surface area (Å²) in [5.41, 5.74) is 14.6. The molecule has 0 bridgehead atoms. The van der Waals surface area contributed by atoms with Crippen LogP contribution in [0.15, 0.2) is 10.2 Å². The quantitative estimate of drug-likeness (QED) is 0.105. The molecule has 12 heteroatoms. The van der Waals surface area contributed by atoms with Crippen LogP contribution >= 0.6 is 24.4 Å². The third kappa shape index (κ3) is 9.21. The van der Waals surface area contributed by atoms with Gasteiger partial charge in [-0.1, -0.05) is 0 Å². The number of hydrogen-bond acceptors (Lipinski definition) is 7. The summed E-state index contributed by atoms with van der Waals surface area (Å²) in [5, 5.41) is 35.5. The maximum Gasteiger partial charge on any atom is 0.184 e. The van der Waals surface area contributed by atoms with Crippen molar-refractivity contribution in [3.05, 3.63) is 0 Å². The Kier molecular flexibility index (Phi) is 11.8. The van der Waals surface area contributed by atoms with Crippen LogP contribution in [0.2, 0.25) is 0 Å². The maximum atomic E-state index is 9.78. The Morgan fingerprint density at radius 3 is 2.05 bits per heavy atom. The van der Waals surface area contributed by atoms with Gasteiger partial charge in [-0.05, 0) is 31.4 Å². The maximum absolute atomic E-state index is 9.78. The van der Waals surface area contributed by atoms with Crippen LogP contribution in [-0.4, -0.2) is 55.8 Å². The number of thiocarbonyl (C=S) groups is 2. The second-order valence-corrected chi connectivity index (χ2v) is 4.30. The molecule has 0 heterocycles. The van der Waals surface area contributed by atoms with Gasteiger partial charge in [0, 0.05) is 20.4 Å². The number of aliphatic hydroxyl groups excluding tert-OH is 3. The fourth-order valence-corrected chi connectivity index (χ4v) is 0.990. The van der Waals surface area contributed by atoms with Gasteiger partial charge in [-0.3, -0.25) is 10.9 Å². The van der Waals surface area contributed by atoms with Gasteiger partial charge >= 0.3 is 0 Å². The van der Waals surface area contributed by atoms with Gasteiger partial charge in [0.05, 0.1) is 12.3 Å². The molecule has 9 N–H and O–H groups in total. The average molecular weight is 415 g/mol. The van der Waals surface area contributed by atoms with E-state index in [1.165, 1.54) is 6.92 Å². The third-order valence-electron chi connectivity index (χ3n) is 1.79. The van der Waals surface area contributed by atoms with Crippen LogP contribution in [-0.2, 0) is 20.4 Å². The zero-order chi connectivity index (χ0) is 15.0. The molecule has 0 saturated carbocycles. The molecular formula is C8H16N6O3PdS2. The van der Waals surface area contributed by atoms with E-state index in [0.717, 1.165) is 6.21 Å². The van der Waals surface area contributed by atoms with Crippen molar-refractivity contribution in [2.75, 3.05) is 0 Å². The van der Waals surface area contributed by atoms with Crippen LogP contribution in [0.25, 0.3) is 0 Å². The minimum Gasteiger partial charge on any atom is -0.391 e. The topological polar surface area (TPSA) is 162 Å². The summed E-state index contributed by atoms with van der Waals surface area (Å²) in [6.07, 6.45) is -3.12. The average Bonchev–Trinajstić information content (AvgIpc) is 2.30. The van der Waals surface area contributed by atoms with Gasteiger partial charge < -0.3 is 26.8 Å². The van der Waals surface area contributed by atoms with Crippen LogP contribution in [0.4, 0.5) is 0 Å². The minimum absolute atomic E-state index is 0. The van der Waals surface area contributed by atoms with Gasteiger partial charge in [0.25, 0.3) is 0 Å². The molecule has 0 aromatic carbocycles. The first-order valence-electron chi connectivity index (χ1n) is 5.01. The second-order valence-electron chi connectivity index (χ2n) is 3.42. The molecule has 0 aromatic heterocycles. The Hall–Kier alpha value is -0.738. The summed E-state index contributed by atoms with van der Waals surface area (Å²) < 4.78 is 0. The third-order valence-corrected chi connectivity index (χ3v) is 1.97. The van der Waals surface area contributed by atoms with Crippen LogP contribution < -0.4 is 22.3 Å². The Morgan fingerprint density at radius 1 is 1.15 bits per heavy atom. The molecule has 0 fully saturated rings. The number of nitrogens with zero attached hydrogens (tertiary/aromatic N) is 2. The molecule has 3 atom stereocenters. The van der Waals surface area contributed by atoms with Gasteiger partial charge in [-0.2, -0.15) is 10.2 Å². The predicted molar refractivity (Wildman–Crippen MR) is 79.5 cm³/mol. The molecule has 0 spiro atoms. The van der Waals surface area contributed by atoms with Gasteiger partial charge in [0.2, 0.25) is 0 Å². The van der Waals surface area contributed by atoms with Crippen molar-refractivity contribution in [2.45, 2.75) is 25.2 Å². The summed E-state index contributed by atoms with van der Waals surface area (Å²) in [5.74, 6) is 0. The van der Waals surface area contributed by atoms with Crippen molar-refractivity contribution in [1.82, 2.24) is 10.9 Å². The molecule has 0 amide bonds. The van der Waals surface area contributed by atoms with Crippen molar-refractivity contribution in [3.63, 3.8) is 0 Å². The number of aliphatic hydroxyl groups is 3. The first kappa shape index (κ1) is 21.6. The number of nitrogens with two attached hydrogens (primary N) is 2. The summed E-state index contributed by atoms with van der Waals surface area (Å²) in [4.78, 5) is 0. The Bertz CT molecular complexity index is 392. The Morgan fingerprint density at radius 2 is 1.65 bits per heavy atom. The number of hydrogen-bond donors (Lipinski definition) is 7. The molecule has 118 valence electrons.